The van der Waals surface area contributed by atoms with Gasteiger partial charge in [-0.1, -0.05) is 12.1 Å². The molecule has 0 aliphatic carbocycles. The highest BCUT2D eigenvalue weighted by Gasteiger charge is 2.16. The van der Waals surface area contributed by atoms with Crippen LogP contribution >= 0.6 is 0 Å². The maximum Gasteiger partial charge on any atom is 0.260 e. The number of aromatic nitrogens is 2. The monoisotopic (exact) mass is 317 g/mol. The Labute approximate surface area is 136 Å². The molecule has 0 radical (unpaired) electrons. The molecule has 124 valence electrons. The second kappa shape index (κ2) is 6.83. The van der Waals surface area contributed by atoms with E-state index < -0.39 is 5.60 Å². The van der Waals surface area contributed by atoms with Crippen LogP contribution in [-0.4, -0.2) is 39.3 Å². The summed E-state index contributed by atoms with van der Waals surface area (Å²) in [5, 5.41) is 14.0. The van der Waals surface area contributed by atoms with Crippen LogP contribution in [0.15, 0.2) is 36.7 Å². The molecule has 0 saturated carbocycles. The third-order valence-corrected chi connectivity index (χ3v) is 3.53. The summed E-state index contributed by atoms with van der Waals surface area (Å²) in [4.78, 5) is 13.7. The SMILES string of the molecule is CN(Cc1cnn(C)c1)C(=O)COc1ccc(C(C)(C)O)cc1. The standard InChI is InChI=1S/C17H23N3O3/c1-17(2,22)14-5-7-15(8-6-14)23-12-16(21)19(3)10-13-9-18-20(4)11-13/h5-9,11,22H,10,12H2,1-4H3. The van der Waals surface area contributed by atoms with Crippen LogP contribution in [0.2, 0.25) is 0 Å². The predicted molar refractivity (Wildman–Crippen MR) is 86.9 cm³/mol. The Morgan fingerprint density at radius 2 is 2.00 bits per heavy atom. The van der Waals surface area contributed by atoms with Gasteiger partial charge in [0.1, 0.15) is 5.75 Å². The number of rotatable bonds is 6. The molecule has 1 amide bonds. The summed E-state index contributed by atoms with van der Waals surface area (Å²) in [5.41, 5.74) is 0.876. The van der Waals surface area contributed by atoms with Crippen molar-refractivity contribution in [1.82, 2.24) is 14.7 Å². The van der Waals surface area contributed by atoms with Gasteiger partial charge in [-0.15, -0.1) is 0 Å². The highest BCUT2D eigenvalue weighted by atomic mass is 16.5. The molecule has 23 heavy (non-hydrogen) atoms. The molecule has 1 aromatic heterocycles. The Morgan fingerprint density at radius 3 is 2.52 bits per heavy atom. The molecule has 2 rings (SSSR count). The fourth-order valence-electron chi connectivity index (χ4n) is 2.13. The minimum Gasteiger partial charge on any atom is -0.484 e. The van der Waals surface area contributed by atoms with E-state index in [9.17, 15) is 9.90 Å². The number of carbonyl (C=O) groups excluding carboxylic acids is 1. The van der Waals surface area contributed by atoms with Crippen molar-refractivity contribution in [2.75, 3.05) is 13.7 Å². The number of hydrogen-bond acceptors (Lipinski definition) is 4. The van der Waals surface area contributed by atoms with Gasteiger partial charge in [-0.3, -0.25) is 9.48 Å². The van der Waals surface area contributed by atoms with Crippen molar-refractivity contribution < 1.29 is 14.6 Å². The van der Waals surface area contributed by atoms with E-state index in [2.05, 4.69) is 5.10 Å². The number of ether oxygens (including phenoxy) is 1. The van der Waals surface area contributed by atoms with Gasteiger partial charge >= 0.3 is 0 Å². The fourth-order valence-corrected chi connectivity index (χ4v) is 2.13. The topological polar surface area (TPSA) is 67.6 Å². The average Bonchev–Trinajstić information content (AvgIpc) is 2.89. The summed E-state index contributed by atoms with van der Waals surface area (Å²) in [6.45, 7) is 3.91. The molecule has 6 nitrogen and oxygen atoms in total. The van der Waals surface area contributed by atoms with Crippen molar-refractivity contribution in [3.8, 4) is 5.75 Å². The molecule has 0 aliphatic heterocycles. The maximum atomic E-state index is 12.1. The first kappa shape index (κ1) is 17.0. The number of aliphatic hydroxyl groups is 1. The first-order valence-electron chi connectivity index (χ1n) is 7.43. The number of benzene rings is 1. The molecule has 6 heteroatoms. The first-order valence-corrected chi connectivity index (χ1v) is 7.43. The summed E-state index contributed by atoms with van der Waals surface area (Å²) >= 11 is 0. The van der Waals surface area contributed by atoms with Gasteiger partial charge < -0.3 is 14.7 Å². The maximum absolute atomic E-state index is 12.1. The lowest BCUT2D eigenvalue weighted by atomic mass is 9.99. The van der Waals surface area contributed by atoms with E-state index in [1.54, 1.807) is 60.9 Å². The lowest BCUT2D eigenvalue weighted by Crippen LogP contribution is -2.30. The zero-order valence-corrected chi connectivity index (χ0v) is 14.0. The molecule has 0 spiro atoms. The van der Waals surface area contributed by atoms with Gasteiger partial charge in [0.2, 0.25) is 0 Å². The molecule has 0 bridgehead atoms. The zero-order valence-electron chi connectivity index (χ0n) is 14.0. The molecule has 0 fully saturated rings. The largest absolute Gasteiger partial charge is 0.484 e. The molecule has 0 atom stereocenters. The Morgan fingerprint density at radius 1 is 1.35 bits per heavy atom. The normalized spacial score (nSPS) is 11.3. The van der Waals surface area contributed by atoms with E-state index in [1.807, 2.05) is 13.2 Å². The predicted octanol–water partition coefficient (Wildman–Crippen LogP) is 1.68. The molecule has 0 aliphatic rings. The minimum absolute atomic E-state index is 0.0291. The quantitative estimate of drug-likeness (QED) is 0.880. The smallest absolute Gasteiger partial charge is 0.260 e. The van der Waals surface area contributed by atoms with Crippen molar-refractivity contribution in [2.24, 2.45) is 7.05 Å². The second-order valence-electron chi connectivity index (χ2n) is 6.14. The Balaban J connectivity index is 1.86. The van der Waals surface area contributed by atoms with Gasteiger partial charge in [-0.25, -0.2) is 0 Å². The lowest BCUT2D eigenvalue weighted by molar-refractivity contribution is -0.132. The Bertz CT molecular complexity index is 656. The van der Waals surface area contributed by atoms with Crippen LogP contribution in [0.25, 0.3) is 0 Å². The Kier molecular flexibility index (Phi) is 5.05. The average molecular weight is 317 g/mol. The summed E-state index contributed by atoms with van der Waals surface area (Å²) in [6, 6.07) is 7.09. The van der Waals surface area contributed by atoms with E-state index >= 15 is 0 Å². The van der Waals surface area contributed by atoms with Crippen LogP contribution in [0.4, 0.5) is 0 Å². The second-order valence-corrected chi connectivity index (χ2v) is 6.14. The number of amides is 1. The molecule has 0 unspecified atom stereocenters. The number of aryl methyl sites for hydroxylation is 1. The third-order valence-electron chi connectivity index (χ3n) is 3.53. The van der Waals surface area contributed by atoms with Gasteiger partial charge in [0.05, 0.1) is 11.8 Å². The highest BCUT2D eigenvalue weighted by molar-refractivity contribution is 5.77. The number of carbonyl (C=O) groups is 1. The van der Waals surface area contributed by atoms with E-state index in [0.717, 1.165) is 11.1 Å². The van der Waals surface area contributed by atoms with Crippen LogP contribution in [0.5, 0.6) is 5.75 Å². The van der Waals surface area contributed by atoms with Crippen LogP contribution in [0, 0.1) is 0 Å². The van der Waals surface area contributed by atoms with Crippen molar-refractivity contribution in [2.45, 2.75) is 26.0 Å². The summed E-state index contributed by atoms with van der Waals surface area (Å²) < 4.78 is 7.21. The number of nitrogens with zero attached hydrogens (tertiary/aromatic N) is 3. The highest BCUT2D eigenvalue weighted by Crippen LogP contribution is 2.22. The molecule has 0 saturated heterocycles. The van der Waals surface area contributed by atoms with Crippen LogP contribution in [-0.2, 0) is 24.0 Å². The van der Waals surface area contributed by atoms with Gasteiger partial charge in [0.15, 0.2) is 6.61 Å². The van der Waals surface area contributed by atoms with Crippen LogP contribution in [0.1, 0.15) is 25.0 Å². The molecule has 1 heterocycles. The van der Waals surface area contributed by atoms with Gasteiger partial charge in [-0.2, -0.15) is 5.10 Å². The van der Waals surface area contributed by atoms with Crippen molar-refractivity contribution >= 4 is 5.91 Å². The first-order chi connectivity index (χ1) is 10.8. The number of likely N-dealkylation sites (N-methyl/N-ethyl adjacent to an activating group) is 1. The third kappa shape index (κ3) is 4.82. The van der Waals surface area contributed by atoms with Crippen LogP contribution < -0.4 is 4.74 Å². The molecule has 1 aromatic carbocycles. The molecule has 2 aromatic rings. The van der Waals surface area contributed by atoms with E-state index in [-0.39, 0.29) is 12.5 Å². The molecular weight excluding hydrogens is 294 g/mol. The van der Waals surface area contributed by atoms with Crippen molar-refractivity contribution in [1.29, 1.82) is 0 Å². The fraction of sp³-hybridized carbons (Fsp3) is 0.412. The van der Waals surface area contributed by atoms with Crippen LogP contribution in [0.3, 0.4) is 0 Å². The summed E-state index contributed by atoms with van der Waals surface area (Å²) in [5.74, 6) is 0.488. The Hall–Kier alpha value is -2.34. The minimum atomic E-state index is -0.891. The molecule has 1 N–H and O–H groups in total. The molecular formula is C17H23N3O3. The number of hydrogen-bond donors (Lipinski definition) is 1. The van der Waals surface area contributed by atoms with Gasteiger partial charge in [0.25, 0.3) is 5.91 Å². The summed E-state index contributed by atoms with van der Waals surface area (Å²) in [7, 11) is 3.57. The van der Waals surface area contributed by atoms with Crippen molar-refractivity contribution in [3.63, 3.8) is 0 Å². The van der Waals surface area contributed by atoms with Gasteiger partial charge in [-0.05, 0) is 31.5 Å². The van der Waals surface area contributed by atoms with E-state index in [0.29, 0.717) is 12.3 Å². The van der Waals surface area contributed by atoms with Gasteiger partial charge in [0, 0.05) is 32.4 Å². The lowest BCUT2D eigenvalue weighted by Gasteiger charge is -2.19. The van der Waals surface area contributed by atoms with E-state index in [4.69, 9.17) is 4.74 Å². The van der Waals surface area contributed by atoms with E-state index in [1.165, 1.54) is 0 Å². The van der Waals surface area contributed by atoms with Crippen molar-refractivity contribution in [3.05, 3.63) is 47.8 Å². The zero-order chi connectivity index (χ0) is 17.0. The summed E-state index contributed by atoms with van der Waals surface area (Å²) in [6.07, 6.45) is 3.61.